The Kier molecular flexibility index (Phi) is 4.67. The molecule has 1 atom stereocenters. The van der Waals surface area contributed by atoms with Gasteiger partial charge in [0.25, 0.3) is 10.0 Å². The normalized spacial score (nSPS) is 13.6. The minimum atomic E-state index is -3.71. The smallest absolute Gasteiger partial charge is 0.260 e. The van der Waals surface area contributed by atoms with Gasteiger partial charge in [0.2, 0.25) is 0 Å². The Hall–Kier alpha value is -1.41. The van der Waals surface area contributed by atoms with Gasteiger partial charge in [0.1, 0.15) is 0 Å². The van der Waals surface area contributed by atoms with E-state index in [1.54, 1.807) is 25.1 Å². The fraction of sp³-hybridized carbons (Fsp3) is 0.308. The third-order valence-electron chi connectivity index (χ3n) is 3.41. The number of halogens is 1. The number of nitrogens with zero attached hydrogens (tertiary/aromatic N) is 2. The predicted molar refractivity (Wildman–Crippen MR) is 81.3 cm³/mol. The van der Waals surface area contributed by atoms with Crippen molar-refractivity contribution in [1.29, 1.82) is 0 Å². The molecule has 6 nitrogen and oxygen atoms in total. The molecule has 0 saturated heterocycles. The highest BCUT2D eigenvalue weighted by Crippen LogP contribution is 2.27. The lowest BCUT2D eigenvalue weighted by Crippen LogP contribution is -2.31. The Labute approximate surface area is 129 Å². The van der Waals surface area contributed by atoms with Gasteiger partial charge in [-0.05, 0) is 24.6 Å². The van der Waals surface area contributed by atoms with Crippen LogP contribution in [-0.2, 0) is 16.6 Å². The van der Waals surface area contributed by atoms with Crippen LogP contribution in [0.3, 0.4) is 0 Å². The Morgan fingerprint density at radius 3 is 2.81 bits per heavy atom. The van der Waals surface area contributed by atoms with E-state index in [-0.39, 0.29) is 17.6 Å². The molecule has 1 heterocycles. The van der Waals surface area contributed by atoms with Crippen LogP contribution in [0.15, 0.2) is 35.5 Å². The van der Waals surface area contributed by atoms with E-state index < -0.39 is 10.0 Å². The van der Waals surface area contributed by atoms with E-state index in [1.807, 2.05) is 6.07 Å². The molecule has 0 spiro atoms. The van der Waals surface area contributed by atoms with Crippen molar-refractivity contribution in [2.45, 2.75) is 24.5 Å². The van der Waals surface area contributed by atoms with E-state index in [1.165, 1.54) is 17.5 Å². The molecule has 0 aliphatic rings. The molecule has 1 unspecified atom stereocenters. The maximum atomic E-state index is 12.6. The topological polar surface area (TPSA) is 92.1 Å². The Bertz CT molecular complexity index is 729. The lowest BCUT2D eigenvalue weighted by Gasteiger charge is -2.24. The van der Waals surface area contributed by atoms with Gasteiger partial charge in [-0.25, -0.2) is 8.42 Å². The molecule has 1 aromatic carbocycles. The Morgan fingerprint density at radius 2 is 2.19 bits per heavy atom. The molecular formula is C13H17ClN4O2S. The van der Waals surface area contributed by atoms with Crippen LogP contribution < -0.4 is 5.73 Å². The molecule has 114 valence electrons. The third-order valence-corrected chi connectivity index (χ3v) is 5.59. The molecule has 0 aliphatic heterocycles. The van der Waals surface area contributed by atoms with Gasteiger partial charge in [0.15, 0.2) is 5.03 Å². The van der Waals surface area contributed by atoms with E-state index >= 15 is 0 Å². The summed E-state index contributed by atoms with van der Waals surface area (Å²) < 4.78 is 26.5. The van der Waals surface area contributed by atoms with E-state index in [0.29, 0.717) is 10.6 Å². The van der Waals surface area contributed by atoms with E-state index in [2.05, 4.69) is 10.2 Å². The van der Waals surface area contributed by atoms with Crippen molar-refractivity contribution in [2.24, 2.45) is 5.73 Å². The molecule has 1 aromatic heterocycles. The summed E-state index contributed by atoms with van der Waals surface area (Å²) in [4.78, 5) is 0. The number of hydrogen-bond acceptors (Lipinski definition) is 4. The summed E-state index contributed by atoms with van der Waals surface area (Å²) in [5.41, 5.74) is 6.80. The van der Waals surface area contributed by atoms with Crippen LogP contribution in [0.4, 0.5) is 0 Å². The number of aromatic amines is 1. The molecule has 2 aromatic rings. The highest BCUT2D eigenvalue weighted by Gasteiger charge is 2.29. The molecule has 0 radical (unpaired) electrons. The third kappa shape index (κ3) is 3.11. The number of nitrogens with two attached hydrogens (primary N) is 1. The molecule has 0 saturated carbocycles. The standard InChI is InChI=1S/C13H17ClN4O2S/c1-9(10-4-3-5-12(14)6-10)18(2)21(19,20)13-11(7-15)8-16-17-13/h3-6,8-9H,7,15H2,1-2H3,(H,16,17). The summed E-state index contributed by atoms with van der Waals surface area (Å²) in [6.07, 6.45) is 1.42. The quantitative estimate of drug-likeness (QED) is 0.876. The van der Waals surface area contributed by atoms with Crippen LogP contribution in [0, 0.1) is 0 Å². The summed E-state index contributed by atoms with van der Waals surface area (Å²) >= 11 is 5.95. The molecule has 0 fully saturated rings. The summed E-state index contributed by atoms with van der Waals surface area (Å²) in [5.74, 6) is 0. The minimum Gasteiger partial charge on any atom is -0.326 e. The first-order valence-corrected chi connectivity index (χ1v) is 8.15. The zero-order chi connectivity index (χ0) is 15.6. The van der Waals surface area contributed by atoms with Crippen molar-refractivity contribution in [1.82, 2.24) is 14.5 Å². The molecule has 21 heavy (non-hydrogen) atoms. The van der Waals surface area contributed by atoms with Crippen LogP contribution >= 0.6 is 11.6 Å². The van der Waals surface area contributed by atoms with Crippen molar-refractivity contribution in [2.75, 3.05) is 7.05 Å². The summed E-state index contributed by atoms with van der Waals surface area (Å²) in [6, 6.07) is 6.74. The van der Waals surface area contributed by atoms with E-state index in [4.69, 9.17) is 17.3 Å². The SMILES string of the molecule is CC(c1cccc(Cl)c1)N(C)S(=O)(=O)c1[nH]ncc1CN. The van der Waals surface area contributed by atoms with Crippen LogP contribution in [0.25, 0.3) is 0 Å². The van der Waals surface area contributed by atoms with E-state index in [9.17, 15) is 8.42 Å². The van der Waals surface area contributed by atoms with Crippen molar-refractivity contribution < 1.29 is 8.42 Å². The lowest BCUT2D eigenvalue weighted by molar-refractivity contribution is 0.396. The number of nitrogens with one attached hydrogen (secondary N) is 1. The highest BCUT2D eigenvalue weighted by molar-refractivity contribution is 7.89. The number of rotatable bonds is 5. The van der Waals surface area contributed by atoms with Gasteiger partial charge in [-0.15, -0.1) is 0 Å². The molecule has 0 aliphatic carbocycles. The average molecular weight is 329 g/mol. The first kappa shape index (κ1) is 16.0. The van der Waals surface area contributed by atoms with Gasteiger partial charge in [0, 0.05) is 30.2 Å². The number of sulfonamides is 1. The Morgan fingerprint density at radius 1 is 1.48 bits per heavy atom. The summed E-state index contributed by atoms with van der Waals surface area (Å²) in [7, 11) is -2.19. The molecule has 0 amide bonds. The van der Waals surface area contributed by atoms with Gasteiger partial charge in [-0.2, -0.15) is 9.40 Å². The van der Waals surface area contributed by atoms with E-state index in [0.717, 1.165) is 5.56 Å². The van der Waals surface area contributed by atoms with Crippen LogP contribution in [0.1, 0.15) is 24.1 Å². The lowest BCUT2D eigenvalue weighted by atomic mass is 10.1. The first-order chi connectivity index (χ1) is 9.87. The molecular weight excluding hydrogens is 312 g/mol. The monoisotopic (exact) mass is 328 g/mol. The largest absolute Gasteiger partial charge is 0.326 e. The van der Waals surface area contributed by atoms with Gasteiger partial charge in [-0.3, -0.25) is 5.10 Å². The molecule has 8 heteroatoms. The zero-order valence-corrected chi connectivity index (χ0v) is 13.3. The number of H-pyrrole nitrogens is 1. The van der Waals surface area contributed by atoms with Gasteiger partial charge in [0.05, 0.1) is 6.20 Å². The second-order valence-electron chi connectivity index (χ2n) is 4.68. The van der Waals surface area contributed by atoms with Gasteiger partial charge in [-0.1, -0.05) is 23.7 Å². The van der Waals surface area contributed by atoms with Crippen molar-refractivity contribution >= 4 is 21.6 Å². The summed E-state index contributed by atoms with van der Waals surface area (Å²) in [5, 5.41) is 6.86. The fourth-order valence-electron chi connectivity index (χ4n) is 2.00. The van der Waals surface area contributed by atoms with Crippen LogP contribution in [0.2, 0.25) is 5.02 Å². The van der Waals surface area contributed by atoms with Gasteiger partial charge >= 0.3 is 0 Å². The van der Waals surface area contributed by atoms with Crippen LogP contribution in [0.5, 0.6) is 0 Å². The second-order valence-corrected chi connectivity index (χ2v) is 7.05. The number of hydrogen-bond donors (Lipinski definition) is 2. The summed E-state index contributed by atoms with van der Waals surface area (Å²) in [6.45, 7) is 1.89. The van der Waals surface area contributed by atoms with Crippen molar-refractivity contribution in [3.05, 3.63) is 46.6 Å². The van der Waals surface area contributed by atoms with Crippen molar-refractivity contribution in [3.8, 4) is 0 Å². The molecule has 3 N–H and O–H groups in total. The minimum absolute atomic E-state index is 0.0291. The molecule has 0 bridgehead atoms. The maximum absolute atomic E-state index is 12.6. The van der Waals surface area contributed by atoms with Gasteiger partial charge < -0.3 is 5.73 Å². The number of benzene rings is 1. The molecule has 2 rings (SSSR count). The second kappa shape index (κ2) is 6.15. The Balaban J connectivity index is 2.36. The first-order valence-electron chi connectivity index (χ1n) is 6.33. The average Bonchev–Trinajstić information content (AvgIpc) is 2.95. The highest BCUT2D eigenvalue weighted by atomic mass is 35.5. The van der Waals surface area contributed by atoms with Crippen LogP contribution in [-0.4, -0.2) is 30.0 Å². The zero-order valence-electron chi connectivity index (χ0n) is 11.7. The number of aromatic nitrogens is 2. The van der Waals surface area contributed by atoms with Crippen molar-refractivity contribution in [3.63, 3.8) is 0 Å². The predicted octanol–water partition coefficient (Wildman–Crippen LogP) is 1.90. The fourth-order valence-corrected chi connectivity index (χ4v) is 3.66. The maximum Gasteiger partial charge on any atom is 0.260 e.